The van der Waals surface area contributed by atoms with Crippen LogP contribution in [0, 0.1) is 5.92 Å². The van der Waals surface area contributed by atoms with Gasteiger partial charge < -0.3 is 4.90 Å². The van der Waals surface area contributed by atoms with Crippen molar-refractivity contribution in [2.75, 3.05) is 11.4 Å². The van der Waals surface area contributed by atoms with Crippen LogP contribution in [0.25, 0.3) is 0 Å². The molecule has 0 amide bonds. The van der Waals surface area contributed by atoms with Gasteiger partial charge in [0.15, 0.2) is 5.69 Å². The van der Waals surface area contributed by atoms with Gasteiger partial charge in [0.1, 0.15) is 5.82 Å². The first kappa shape index (κ1) is 13.9. The maximum atomic E-state index is 12.8. The number of hydrogen-bond donors (Lipinski definition) is 0. The number of rotatable bonds is 1. The molecule has 110 valence electrons. The Morgan fingerprint density at radius 2 is 1.90 bits per heavy atom. The standard InChI is InChI=1S/C13H15ClF3N3/c14-12-18-10(13(15,16)17)7-11(19-12)20-6-2-4-8-3-1-5-9(8)20/h7-9H,1-6H2. The van der Waals surface area contributed by atoms with Gasteiger partial charge in [0, 0.05) is 18.7 Å². The van der Waals surface area contributed by atoms with Crippen molar-refractivity contribution < 1.29 is 13.2 Å². The molecule has 1 aromatic heterocycles. The Hall–Kier alpha value is -1.04. The average Bonchev–Trinajstić information content (AvgIpc) is 2.84. The molecule has 1 aliphatic heterocycles. The highest BCUT2D eigenvalue weighted by Crippen LogP contribution is 2.39. The minimum absolute atomic E-state index is 0.302. The topological polar surface area (TPSA) is 29.0 Å². The van der Waals surface area contributed by atoms with Crippen molar-refractivity contribution in [2.24, 2.45) is 5.92 Å². The number of fused-ring (bicyclic) bond motifs is 1. The lowest BCUT2D eigenvalue weighted by Crippen LogP contribution is -2.43. The van der Waals surface area contributed by atoms with Crippen molar-refractivity contribution in [3.63, 3.8) is 0 Å². The Bertz CT molecular complexity index is 506. The Kier molecular flexibility index (Phi) is 3.52. The van der Waals surface area contributed by atoms with Crippen LogP contribution in [0.15, 0.2) is 6.07 Å². The van der Waals surface area contributed by atoms with Gasteiger partial charge in [0.05, 0.1) is 0 Å². The molecule has 2 unspecified atom stereocenters. The van der Waals surface area contributed by atoms with Gasteiger partial charge in [0.25, 0.3) is 0 Å². The molecule has 1 aromatic rings. The van der Waals surface area contributed by atoms with Crippen LogP contribution in [0.1, 0.15) is 37.8 Å². The summed E-state index contributed by atoms with van der Waals surface area (Å²) in [5.74, 6) is 0.890. The van der Waals surface area contributed by atoms with Gasteiger partial charge in [-0.1, -0.05) is 6.42 Å². The van der Waals surface area contributed by atoms with E-state index in [-0.39, 0.29) is 5.28 Å². The van der Waals surface area contributed by atoms with E-state index < -0.39 is 11.9 Å². The second-order valence-corrected chi connectivity index (χ2v) is 5.81. The highest BCUT2D eigenvalue weighted by atomic mass is 35.5. The number of aromatic nitrogens is 2. The lowest BCUT2D eigenvalue weighted by molar-refractivity contribution is -0.141. The summed E-state index contributed by atoms with van der Waals surface area (Å²) in [6, 6.07) is 1.32. The third-order valence-electron chi connectivity index (χ3n) is 4.26. The minimum atomic E-state index is -4.49. The van der Waals surface area contributed by atoms with Gasteiger partial charge in [-0.2, -0.15) is 13.2 Å². The van der Waals surface area contributed by atoms with Gasteiger partial charge >= 0.3 is 6.18 Å². The van der Waals surface area contributed by atoms with Crippen molar-refractivity contribution in [3.05, 3.63) is 17.0 Å². The van der Waals surface area contributed by atoms with E-state index in [0.717, 1.165) is 44.7 Å². The fourth-order valence-electron chi connectivity index (χ4n) is 3.44. The summed E-state index contributed by atoms with van der Waals surface area (Å²) in [5, 5.41) is -0.338. The molecule has 3 nitrogen and oxygen atoms in total. The van der Waals surface area contributed by atoms with E-state index in [1.165, 1.54) is 0 Å². The molecule has 0 aromatic carbocycles. The molecule has 2 atom stereocenters. The van der Waals surface area contributed by atoms with E-state index in [4.69, 9.17) is 11.6 Å². The SMILES string of the molecule is FC(F)(F)c1cc(N2CCCC3CCCC32)nc(Cl)n1. The molecule has 0 bridgehead atoms. The molecular formula is C13H15ClF3N3. The second-order valence-electron chi connectivity index (χ2n) is 5.47. The smallest absolute Gasteiger partial charge is 0.353 e. The van der Waals surface area contributed by atoms with E-state index in [9.17, 15) is 13.2 Å². The van der Waals surface area contributed by atoms with Gasteiger partial charge in [-0.15, -0.1) is 0 Å². The van der Waals surface area contributed by atoms with Crippen LogP contribution in [0.5, 0.6) is 0 Å². The predicted octanol–water partition coefficient (Wildman–Crippen LogP) is 3.92. The van der Waals surface area contributed by atoms with Crippen molar-refractivity contribution in [1.82, 2.24) is 9.97 Å². The van der Waals surface area contributed by atoms with E-state index >= 15 is 0 Å². The number of piperidine rings is 1. The Balaban J connectivity index is 1.95. The Morgan fingerprint density at radius 3 is 2.65 bits per heavy atom. The van der Waals surface area contributed by atoms with E-state index in [1.54, 1.807) is 0 Å². The molecule has 1 saturated heterocycles. The average molecular weight is 306 g/mol. The van der Waals surface area contributed by atoms with Crippen molar-refractivity contribution >= 4 is 17.4 Å². The van der Waals surface area contributed by atoms with E-state index in [0.29, 0.717) is 17.8 Å². The number of alkyl halides is 3. The normalized spacial score (nSPS) is 26.7. The van der Waals surface area contributed by atoms with E-state index in [2.05, 4.69) is 9.97 Å². The maximum Gasteiger partial charge on any atom is 0.433 e. The van der Waals surface area contributed by atoms with Crippen LogP contribution in [0.2, 0.25) is 5.28 Å². The Morgan fingerprint density at radius 1 is 1.15 bits per heavy atom. The van der Waals surface area contributed by atoms with E-state index in [1.807, 2.05) is 4.90 Å². The quantitative estimate of drug-likeness (QED) is 0.736. The molecule has 0 radical (unpaired) electrons. The highest BCUT2D eigenvalue weighted by Gasteiger charge is 2.38. The summed E-state index contributed by atoms with van der Waals surface area (Å²) in [5.41, 5.74) is -0.965. The third kappa shape index (κ3) is 2.57. The molecule has 3 rings (SSSR count). The maximum absolute atomic E-state index is 12.8. The molecule has 1 aliphatic carbocycles. The lowest BCUT2D eigenvalue weighted by Gasteiger charge is -2.38. The summed E-state index contributed by atoms with van der Waals surface area (Å²) in [6.45, 7) is 0.742. The van der Waals surface area contributed by atoms with Gasteiger partial charge in [-0.3, -0.25) is 0 Å². The molecule has 7 heteroatoms. The molecular weight excluding hydrogens is 291 g/mol. The molecule has 0 N–H and O–H groups in total. The lowest BCUT2D eigenvalue weighted by atomic mass is 9.92. The van der Waals surface area contributed by atoms with Crippen molar-refractivity contribution in [3.8, 4) is 0 Å². The predicted molar refractivity (Wildman–Crippen MR) is 69.8 cm³/mol. The molecule has 2 heterocycles. The first-order valence-corrected chi connectivity index (χ1v) is 7.21. The molecule has 0 spiro atoms. The van der Waals surface area contributed by atoms with Crippen LogP contribution in [0.3, 0.4) is 0 Å². The summed E-state index contributed by atoms with van der Waals surface area (Å²) in [6.07, 6.45) is 0.971. The fourth-order valence-corrected chi connectivity index (χ4v) is 3.61. The van der Waals surface area contributed by atoms with Crippen LogP contribution in [-0.2, 0) is 6.18 Å². The molecule has 20 heavy (non-hydrogen) atoms. The summed E-state index contributed by atoms with van der Waals surface area (Å²) < 4.78 is 38.4. The van der Waals surface area contributed by atoms with Crippen LogP contribution < -0.4 is 4.90 Å². The third-order valence-corrected chi connectivity index (χ3v) is 4.43. The van der Waals surface area contributed by atoms with Gasteiger partial charge in [-0.25, -0.2) is 9.97 Å². The van der Waals surface area contributed by atoms with Crippen LogP contribution in [0.4, 0.5) is 19.0 Å². The molecule has 2 aliphatic rings. The van der Waals surface area contributed by atoms with Crippen LogP contribution in [-0.4, -0.2) is 22.6 Å². The first-order chi connectivity index (χ1) is 9.45. The number of hydrogen-bond acceptors (Lipinski definition) is 3. The van der Waals surface area contributed by atoms with Gasteiger partial charge in [0.2, 0.25) is 5.28 Å². The second kappa shape index (κ2) is 5.06. The largest absolute Gasteiger partial charge is 0.433 e. The highest BCUT2D eigenvalue weighted by molar-refractivity contribution is 6.28. The molecule has 2 fully saturated rings. The van der Waals surface area contributed by atoms with Crippen molar-refractivity contribution in [1.29, 1.82) is 0 Å². The van der Waals surface area contributed by atoms with Crippen molar-refractivity contribution in [2.45, 2.75) is 44.3 Å². The molecule has 1 saturated carbocycles. The summed E-state index contributed by atoms with van der Waals surface area (Å²) >= 11 is 5.67. The fraction of sp³-hybridized carbons (Fsp3) is 0.692. The first-order valence-electron chi connectivity index (χ1n) is 6.83. The number of halogens is 4. The monoisotopic (exact) mass is 305 g/mol. The van der Waals surface area contributed by atoms with Crippen LogP contribution >= 0.6 is 11.6 Å². The summed E-state index contributed by atoms with van der Waals surface area (Å²) in [4.78, 5) is 9.29. The number of anilines is 1. The van der Waals surface area contributed by atoms with Gasteiger partial charge in [-0.05, 0) is 43.2 Å². The zero-order chi connectivity index (χ0) is 14.3. The minimum Gasteiger partial charge on any atom is -0.353 e. The Labute approximate surface area is 120 Å². The zero-order valence-corrected chi connectivity index (χ0v) is 11.6. The summed E-state index contributed by atoms with van der Waals surface area (Å²) in [7, 11) is 0. The zero-order valence-electron chi connectivity index (χ0n) is 10.8. The number of nitrogens with zero attached hydrogens (tertiary/aromatic N) is 3.